The van der Waals surface area contributed by atoms with Crippen LogP contribution in [0.1, 0.15) is 17.3 Å². The summed E-state index contributed by atoms with van der Waals surface area (Å²) in [4.78, 5) is 26.0. The van der Waals surface area contributed by atoms with Gasteiger partial charge in [-0.05, 0) is 30.7 Å². The summed E-state index contributed by atoms with van der Waals surface area (Å²) in [6, 6.07) is 25.4. The standard InChI is InChI=1S/C25H19N3O2/c1-2-30-25(29)22-21(16-10-4-3-5-11-16)17-12-6-7-13-18(17)26-23(22)24-27-19-14-8-9-15-20(19)28-24/h3-15H,2H2,1H3,(H,27,28). The van der Waals surface area contributed by atoms with Gasteiger partial charge in [0, 0.05) is 10.9 Å². The van der Waals surface area contributed by atoms with Crippen molar-refractivity contribution in [2.45, 2.75) is 6.92 Å². The van der Waals surface area contributed by atoms with Gasteiger partial charge in [-0.15, -0.1) is 0 Å². The van der Waals surface area contributed by atoms with E-state index in [9.17, 15) is 4.79 Å². The maximum Gasteiger partial charge on any atom is 0.341 e. The number of benzene rings is 3. The van der Waals surface area contributed by atoms with Crippen LogP contribution in [0.4, 0.5) is 0 Å². The third-order valence-electron chi connectivity index (χ3n) is 5.05. The number of H-pyrrole nitrogens is 1. The number of carbonyl (C=O) groups excluding carboxylic acids is 1. The Labute approximate surface area is 173 Å². The van der Waals surface area contributed by atoms with Crippen molar-refractivity contribution >= 4 is 27.9 Å². The summed E-state index contributed by atoms with van der Waals surface area (Å²) < 4.78 is 5.45. The van der Waals surface area contributed by atoms with Gasteiger partial charge in [0.1, 0.15) is 5.69 Å². The topological polar surface area (TPSA) is 67.9 Å². The second-order valence-corrected chi connectivity index (χ2v) is 6.92. The zero-order chi connectivity index (χ0) is 20.5. The average Bonchev–Trinajstić information content (AvgIpc) is 3.23. The number of rotatable bonds is 4. The van der Waals surface area contributed by atoms with Crippen molar-refractivity contribution in [2.24, 2.45) is 0 Å². The lowest BCUT2D eigenvalue weighted by atomic mass is 9.94. The van der Waals surface area contributed by atoms with E-state index in [0.29, 0.717) is 17.1 Å². The Balaban J connectivity index is 1.90. The highest BCUT2D eigenvalue weighted by molar-refractivity contribution is 6.11. The van der Waals surface area contributed by atoms with Crippen LogP contribution in [0.15, 0.2) is 78.9 Å². The van der Waals surface area contributed by atoms with Gasteiger partial charge in [0.05, 0.1) is 28.7 Å². The molecule has 3 aromatic carbocycles. The molecule has 0 atom stereocenters. The predicted octanol–water partition coefficient (Wildman–Crippen LogP) is 5.62. The Kier molecular flexibility index (Phi) is 4.48. The SMILES string of the molecule is CCOC(=O)c1c(-c2nc3ccccc3[nH]2)nc2ccccc2c1-c1ccccc1. The first-order valence-electron chi connectivity index (χ1n) is 9.86. The van der Waals surface area contributed by atoms with E-state index in [1.54, 1.807) is 6.92 Å². The first-order chi connectivity index (χ1) is 14.8. The Morgan fingerprint density at radius 3 is 2.33 bits per heavy atom. The van der Waals surface area contributed by atoms with E-state index in [-0.39, 0.29) is 6.61 Å². The molecule has 5 nitrogen and oxygen atoms in total. The normalized spacial score (nSPS) is 11.1. The monoisotopic (exact) mass is 393 g/mol. The molecule has 5 rings (SSSR count). The van der Waals surface area contributed by atoms with Crippen molar-refractivity contribution in [1.82, 2.24) is 15.0 Å². The maximum atomic E-state index is 13.2. The lowest BCUT2D eigenvalue weighted by Gasteiger charge is -2.15. The number of hydrogen-bond donors (Lipinski definition) is 1. The van der Waals surface area contributed by atoms with Crippen molar-refractivity contribution in [2.75, 3.05) is 6.61 Å². The quantitative estimate of drug-likeness (QED) is 0.402. The highest BCUT2D eigenvalue weighted by Crippen LogP contribution is 2.37. The summed E-state index contributed by atoms with van der Waals surface area (Å²) >= 11 is 0. The van der Waals surface area contributed by atoms with Gasteiger partial charge in [-0.25, -0.2) is 14.8 Å². The van der Waals surface area contributed by atoms with E-state index in [2.05, 4.69) is 4.98 Å². The van der Waals surface area contributed by atoms with Gasteiger partial charge >= 0.3 is 5.97 Å². The van der Waals surface area contributed by atoms with E-state index < -0.39 is 5.97 Å². The van der Waals surface area contributed by atoms with Gasteiger partial charge in [0.25, 0.3) is 0 Å². The van der Waals surface area contributed by atoms with Gasteiger partial charge in [0.2, 0.25) is 0 Å². The van der Waals surface area contributed by atoms with E-state index in [0.717, 1.165) is 33.1 Å². The zero-order valence-corrected chi connectivity index (χ0v) is 16.4. The fourth-order valence-corrected chi connectivity index (χ4v) is 3.75. The first kappa shape index (κ1) is 18.1. The second kappa shape index (κ2) is 7.44. The molecular weight excluding hydrogens is 374 g/mol. The molecule has 0 aliphatic rings. The number of hydrogen-bond acceptors (Lipinski definition) is 4. The summed E-state index contributed by atoms with van der Waals surface area (Å²) in [5, 5.41) is 0.895. The van der Waals surface area contributed by atoms with Crippen LogP contribution in [-0.4, -0.2) is 27.5 Å². The minimum Gasteiger partial charge on any atom is -0.462 e. The number of nitrogens with zero attached hydrogens (tertiary/aromatic N) is 2. The number of esters is 1. The van der Waals surface area contributed by atoms with Crippen LogP contribution >= 0.6 is 0 Å². The molecule has 5 heteroatoms. The molecule has 0 bridgehead atoms. The number of para-hydroxylation sites is 3. The first-order valence-corrected chi connectivity index (χ1v) is 9.86. The van der Waals surface area contributed by atoms with E-state index >= 15 is 0 Å². The van der Waals surface area contributed by atoms with Gasteiger partial charge in [-0.3, -0.25) is 0 Å². The van der Waals surface area contributed by atoms with E-state index in [1.165, 1.54) is 0 Å². The van der Waals surface area contributed by atoms with Crippen LogP contribution < -0.4 is 0 Å². The van der Waals surface area contributed by atoms with Crippen LogP contribution in [0.5, 0.6) is 0 Å². The number of fused-ring (bicyclic) bond motifs is 2. The molecule has 0 saturated heterocycles. The molecule has 0 saturated carbocycles. The van der Waals surface area contributed by atoms with Gasteiger partial charge in [-0.1, -0.05) is 60.7 Å². The van der Waals surface area contributed by atoms with Crippen molar-refractivity contribution < 1.29 is 9.53 Å². The molecule has 2 heterocycles. The molecule has 30 heavy (non-hydrogen) atoms. The molecular formula is C25H19N3O2. The molecule has 5 aromatic rings. The smallest absolute Gasteiger partial charge is 0.341 e. The molecule has 0 spiro atoms. The Bertz CT molecular complexity index is 1340. The molecule has 1 N–H and O–H groups in total. The summed E-state index contributed by atoms with van der Waals surface area (Å²) in [5.41, 5.74) is 5.13. The molecule has 0 amide bonds. The lowest BCUT2D eigenvalue weighted by molar-refractivity contribution is 0.0528. The Morgan fingerprint density at radius 2 is 1.57 bits per heavy atom. The van der Waals surface area contributed by atoms with E-state index in [4.69, 9.17) is 14.7 Å². The Morgan fingerprint density at radius 1 is 0.867 bits per heavy atom. The molecule has 0 aliphatic heterocycles. The lowest BCUT2D eigenvalue weighted by Crippen LogP contribution is -2.11. The average molecular weight is 393 g/mol. The van der Waals surface area contributed by atoms with Crippen LogP contribution in [0.25, 0.3) is 44.6 Å². The predicted molar refractivity (Wildman–Crippen MR) is 118 cm³/mol. The van der Waals surface area contributed by atoms with Crippen molar-refractivity contribution in [3.05, 3.63) is 84.4 Å². The number of carbonyl (C=O) groups is 1. The summed E-state index contributed by atoms with van der Waals surface area (Å²) in [6.07, 6.45) is 0. The minimum absolute atomic E-state index is 0.277. The zero-order valence-electron chi connectivity index (χ0n) is 16.4. The third-order valence-corrected chi connectivity index (χ3v) is 5.05. The van der Waals surface area contributed by atoms with Crippen LogP contribution in [0, 0.1) is 0 Å². The molecule has 0 unspecified atom stereocenters. The molecule has 146 valence electrons. The van der Waals surface area contributed by atoms with Crippen molar-refractivity contribution in [3.8, 4) is 22.6 Å². The fourth-order valence-electron chi connectivity index (χ4n) is 3.75. The van der Waals surface area contributed by atoms with Gasteiger partial charge in [-0.2, -0.15) is 0 Å². The highest BCUT2D eigenvalue weighted by Gasteiger charge is 2.25. The molecule has 0 radical (unpaired) electrons. The fraction of sp³-hybridized carbons (Fsp3) is 0.0800. The van der Waals surface area contributed by atoms with Gasteiger partial charge < -0.3 is 9.72 Å². The van der Waals surface area contributed by atoms with Crippen LogP contribution in [0.3, 0.4) is 0 Å². The second-order valence-electron chi connectivity index (χ2n) is 6.92. The number of aromatic nitrogens is 3. The van der Waals surface area contributed by atoms with Crippen molar-refractivity contribution in [3.63, 3.8) is 0 Å². The summed E-state index contributed by atoms with van der Waals surface area (Å²) in [7, 11) is 0. The third kappa shape index (κ3) is 3.01. The largest absolute Gasteiger partial charge is 0.462 e. The summed E-state index contributed by atoms with van der Waals surface area (Å²) in [6.45, 7) is 2.08. The van der Waals surface area contributed by atoms with Crippen LogP contribution in [0.2, 0.25) is 0 Å². The number of nitrogens with one attached hydrogen (secondary N) is 1. The number of imidazole rings is 1. The molecule has 0 aliphatic carbocycles. The van der Waals surface area contributed by atoms with Crippen molar-refractivity contribution in [1.29, 1.82) is 0 Å². The van der Waals surface area contributed by atoms with E-state index in [1.807, 2.05) is 78.9 Å². The maximum absolute atomic E-state index is 13.2. The number of ether oxygens (including phenoxy) is 1. The highest BCUT2D eigenvalue weighted by atomic mass is 16.5. The molecule has 0 fully saturated rings. The minimum atomic E-state index is -0.412. The Hall–Kier alpha value is -3.99. The van der Waals surface area contributed by atoms with Gasteiger partial charge in [0.15, 0.2) is 5.82 Å². The summed E-state index contributed by atoms with van der Waals surface area (Å²) in [5.74, 6) is 0.132. The number of aromatic amines is 1. The molecule has 2 aromatic heterocycles. The number of pyridine rings is 1. The van der Waals surface area contributed by atoms with Crippen LogP contribution in [-0.2, 0) is 4.74 Å².